The molecule has 0 amide bonds. The first-order valence-electron chi connectivity index (χ1n) is 11.1. The zero-order chi connectivity index (χ0) is 27.6. The number of rotatable bonds is 5. The summed E-state index contributed by atoms with van der Waals surface area (Å²) in [5.74, 6) is -3.55. The zero-order valence-electron chi connectivity index (χ0n) is 20.2. The van der Waals surface area contributed by atoms with Gasteiger partial charge in [0.25, 0.3) is 0 Å². The largest absolute Gasteiger partial charge is 0.466 e. The smallest absolute Gasteiger partial charge is 0.416 e. The topological polar surface area (TPSA) is 111 Å². The zero-order valence-corrected chi connectivity index (χ0v) is 20.2. The molecule has 38 heavy (non-hydrogen) atoms. The molecule has 11 heteroatoms. The number of hydrogen-bond donors (Lipinski definition) is 1. The van der Waals surface area contributed by atoms with Crippen LogP contribution >= 0.6 is 0 Å². The number of aromatic nitrogens is 1. The predicted octanol–water partition coefficient (Wildman–Crippen LogP) is 4.39. The minimum atomic E-state index is -4.75. The number of anilines is 1. The molecule has 2 heterocycles. The monoisotopic (exact) mass is 522 g/mol. The summed E-state index contributed by atoms with van der Waals surface area (Å²) < 4.78 is 52.9. The third-order valence-corrected chi connectivity index (χ3v) is 6.04. The second kappa shape index (κ2) is 10.2. The van der Waals surface area contributed by atoms with Crippen LogP contribution < -0.4 is 10.6 Å². The second-order valence-electron chi connectivity index (χ2n) is 8.13. The molecule has 2 aromatic carbocycles. The highest BCUT2D eigenvalue weighted by Crippen LogP contribution is 2.45. The summed E-state index contributed by atoms with van der Waals surface area (Å²) in [5.41, 5.74) is 4.88. The van der Waals surface area contributed by atoms with Gasteiger partial charge in [0.2, 0.25) is 0 Å². The number of nitriles is 1. The lowest BCUT2D eigenvalue weighted by Crippen LogP contribution is -2.41. The van der Waals surface area contributed by atoms with Gasteiger partial charge in [0, 0.05) is 12.4 Å². The fourth-order valence-corrected chi connectivity index (χ4v) is 4.36. The van der Waals surface area contributed by atoms with Gasteiger partial charge < -0.3 is 19.8 Å². The highest BCUT2D eigenvalue weighted by atomic mass is 19.4. The van der Waals surface area contributed by atoms with Crippen molar-refractivity contribution in [3.63, 3.8) is 0 Å². The van der Waals surface area contributed by atoms with Gasteiger partial charge in [-0.05, 0) is 35.9 Å². The molecule has 8 nitrogen and oxygen atoms in total. The van der Waals surface area contributed by atoms with E-state index in [1.54, 1.807) is 54.9 Å². The van der Waals surface area contributed by atoms with Crippen molar-refractivity contribution in [3.8, 4) is 11.8 Å². The number of carbonyl (C=O) groups excluding carboxylic acids is 2. The molecule has 0 aliphatic carbocycles. The van der Waals surface area contributed by atoms with Crippen molar-refractivity contribution in [2.75, 3.05) is 19.1 Å². The molecule has 1 aliphatic rings. The van der Waals surface area contributed by atoms with Gasteiger partial charge >= 0.3 is 18.1 Å². The minimum absolute atomic E-state index is 0.167. The fourth-order valence-electron chi connectivity index (χ4n) is 4.36. The molecule has 4 rings (SSSR count). The van der Waals surface area contributed by atoms with Crippen LogP contribution in [-0.2, 0) is 25.2 Å². The number of esters is 2. The molecule has 0 saturated carbocycles. The molecule has 0 radical (unpaired) electrons. The Balaban J connectivity index is 2.15. The number of nitrogens with two attached hydrogens (primary N) is 1. The van der Waals surface area contributed by atoms with Crippen LogP contribution in [0.4, 0.5) is 18.9 Å². The number of benzene rings is 2. The van der Waals surface area contributed by atoms with Crippen LogP contribution in [0.25, 0.3) is 5.69 Å². The third-order valence-electron chi connectivity index (χ3n) is 6.04. The van der Waals surface area contributed by atoms with Crippen molar-refractivity contribution < 1.29 is 32.2 Å². The summed E-state index contributed by atoms with van der Waals surface area (Å²) in [6.07, 6.45) is -1.59. The van der Waals surface area contributed by atoms with E-state index in [1.807, 2.05) is 6.07 Å². The summed E-state index contributed by atoms with van der Waals surface area (Å²) in [5, 5.41) is 10.2. The van der Waals surface area contributed by atoms with E-state index in [-0.39, 0.29) is 28.3 Å². The van der Waals surface area contributed by atoms with Crippen molar-refractivity contribution in [1.29, 1.82) is 5.26 Å². The van der Waals surface area contributed by atoms with Crippen molar-refractivity contribution in [1.82, 2.24) is 4.57 Å². The van der Waals surface area contributed by atoms with Gasteiger partial charge in [-0.25, -0.2) is 9.59 Å². The van der Waals surface area contributed by atoms with Gasteiger partial charge in [-0.15, -0.1) is 0 Å². The fraction of sp³-hybridized carbons (Fsp3) is 0.148. The lowest BCUT2D eigenvalue weighted by Gasteiger charge is -2.37. The van der Waals surface area contributed by atoms with E-state index in [4.69, 9.17) is 15.2 Å². The molecule has 1 aromatic heterocycles. The van der Waals surface area contributed by atoms with Gasteiger partial charge in [0.05, 0.1) is 54.3 Å². The van der Waals surface area contributed by atoms with Gasteiger partial charge in [-0.1, -0.05) is 30.3 Å². The molecule has 0 bridgehead atoms. The van der Waals surface area contributed by atoms with Gasteiger partial charge in [-0.3, -0.25) is 4.90 Å². The second-order valence-corrected chi connectivity index (χ2v) is 8.13. The van der Waals surface area contributed by atoms with E-state index in [2.05, 4.69) is 0 Å². The van der Waals surface area contributed by atoms with E-state index in [0.717, 1.165) is 31.3 Å². The van der Waals surface area contributed by atoms with E-state index in [9.17, 15) is 28.0 Å². The molecule has 1 aliphatic heterocycles. The highest BCUT2D eigenvalue weighted by Gasteiger charge is 2.44. The van der Waals surface area contributed by atoms with E-state index >= 15 is 0 Å². The lowest BCUT2D eigenvalue weighted by atomic mass is 9.81. The Hall–Kier alpha value is -4.98. The van der Waals surface area contributed by atoms with Crippen molar-refractivity contribution in [3.05, 3.63) is 107 Å². The van der Waals surface area contributed by atoms with E-state index < -0.39 is 35.3 Å². The van der Waals surface area contributed by atoms with Crippen molar-refractivity contribution >= 4 is 17.6 Å². The first-order chi connectivity index (χ1) is 18.1. The number of halogens is 3. The molecule has 1 atom stereocenters. The summed E-state index contributed by atoms with van der Waals surface area (Å²) in [6.45, 7) is 0. The molecule has 0 saturated heterocycles. The average molecular weight is 522 g/mol. The lowest BCUT2D eigenvalue weighted by molar-refractivity contribution is -0.139. The maximum atomic E-state index is 13.8. The maximum absolute atomic E-state index is 13.8. The van der Waals surface area contributed by atoms with Crippen molar-refractivity contribution in [2.45, 2.75) is 12.1 Å². The summed E-state index contributed by atoms with van der Waals surface area (Å²) in [4.78, 5) is 27.4. The first-order valence-corrected chi connectivity index (χ1v) is 11.1. The molecule has 0 spiro atoms. The minimum Gasteiger partial charge on any atom is -0.466 e. The SMILES string of the molecule is COC(=O)C1=C(C(=O)OC)N(c2cc(C(F)(F)F)ccc2-n2cccc2)C(N)=C(C#N)C1c1ccccc1. The molecule has 3 aromatic rings. The number of ether oxygens (including phenoxy) is 2. The third kappa shape index (κ3) is 4.48. The number of allylic oxidation sites excluding steroid dienone is 1. The summed E-state index contributed by atoms with van der Waals surface area (Å²) in [7, 11) is 2.14. The molecular formula is C27H21F3N4O4. The van der Waals surface area contributed by atoms with E-state index in [0.29, 0.717) is 5.56 Å². The van der Waals surface area contributed by atoms with Crippen LogP contribution in [0.1, 0.15) is 17.0 Å². The number of alkyl halides is 3. The summed E-state index contributed by atoms with van der Waals surface area (Å²) >= 11 is 0. The Morgan fingerprint density at radius 3 is 2.13 bits per heavy atom. The average Bonchev–Trinajstić information content (AvgIpc) is 3.46. The van der Waals surface area contributed by atoms with Crippen LogP contribution in [0.2, 0.25) is 0 Å². The van der Waals surface area contributed by atoms with Gasteiger partial charge in [-0.2, -0.15) is 18.4 Å². The van der Waals surface area contributed by atoms with Crippen LogP contribution in [0.5, 0.6) is 0 Å². The molecular weight excluding hydrogens is 501 g/mol. The van der Waals surface area contributed by atoms with Crippen LogP contribution in [-0.4, -0.2) is 30.7 Å². The van der Waals surface area contributed by atoms with Crippen LogP contribution in [0, 0.1) is 11.3 Å². The quantitative estimate of drug-likeness (QED) is 0.495. The normalized spacial score (nSPS) is 15.8. The number of methoxy groups -OCH3 is 2. The summed E-state index contributed by atoms with van der Waals surface area (Å²) in [6, 6.07) is 16.4. The Kier molecular flexibility index (Phi) is 6.99. The van der Waals surface area contributed by atoms with Gasteiger partial charge in [0.1, 0.15) is 11.5 Å². The van der Waals surface area contributed by atoms with Crippen LogP contribution in [0.3, 0.4) is 0 Å². The molecule has 0 fully saturated rings. The number of carbonyl (C=O) groups is 2. The Morgan fingerprint density at radius 2 is 1.58 bits per heavy atom. The molecule has 2 N–H and O–H groups in total. The Morgan fingerprint density at radius 1 is 0.947 bits per heavy atom. The van der Waals surface area contributed by atoms with Crippen LogP contribution in [0.15, 0.2) is 95.7 Å². The molecule has 194 valence electrons. The number of nitrogens with zero attached hydrogens (tertiary/aromatic N) is 3. The maximum Gasteiger partial charge on any atom is 0.416 e. The van der Waals surface area contributed by atoms with Gasteiger partial charge in [0.15, 0.2) is 0 Å². The Bertz CT molecular complexity index is 1490. The van der Waals surface area contributed by atoms with Crippen molar-refractivity contribution in [2.24, 2.45) is 5.73 Å². The van der Waals surface area contributed by atoms with E-state index in [1.165, 1.54) is 10.6 Å². The predicted molar refractivity (Wildman–Crippen MR) is 130 cm³/mol. The number of hydrogen-bond acceptors (Lipinski definition) is 7. The Labute approximate surface area is 215 Å². The standard InChI is InChI=1S/C27H21F3N4O4/c1-37-25(35)22-21(16-8-4-3-5-9-16)18(15-31)24(32)34(23(22)26(36)38-2)20-14-17(27(28,29)30)10-11-19(20)33-12-6-7-13-33/h3-14,21H,32H2,1-2H3. The molecule has 1 unspecified atom stereocenters. The first kappa shape index (κ1) is 26.1. The highest BCUT2D eigenvalue weighted by molar-refractivity contribution is 6.06.